The molecule has 0 saturated heterocycles. The fourth-order valence-corrected chi connectivity index (χ4v) is 4.85. The Hall–Kier alpha value is -3.98. The Kier molecular flexibility index (Phi) is 5.62. The highest BCUT2D eigenvalue weighted by molar-refractivity contribution is 7.15. The first-order chi connectivity index (χ1) is 16.5. The molecule has 0 aliphatic carbocycles. The summed E-state index contributed by atoms with van der Waals surface area (Å²) < 4.78 is 12.9. The summed E-state index contributed by atoms with van der Waals surface area (Å²) in [5.41, 5.74) is 2.84. The van der Waals surface area contributed by atoms with Crippen LogP contribution in [0.3, 0.4) is 0 Å². The van der Waals surface area contributed by atoms with E-state index >= 15 is 0 Å². The van der Waals surface area contributed by atoms with Gasteiger partial charge in [-0.1, -0.05) is 23.4 Å². The smallest absolute Gasteiger partial charge is 0.259 e. The van der Waals surface area contributed by atoms with Crippen molar-refractivity contribution in [2.75, 3.05) is 7.11 Å². The first kappa shape index (κ1) is 21.8. The Morgan fingerprint density at radius 2 is 2.03 bits per heavy atom. The molecule has 0 aliphatic rings. The van der Waals surface area contributed by atoms with Gasteiger partial charge in [-0.15, -0.1) is 11.3 Å². The van der Waals surface area contributed by atoms with Crippen LogP contribution in [0.5, 0.6) is 5.75 Å². The van der Waals surface area contributed by atoms with E-state index in [1.807, 2.05) is 61.1 Å². The number of imidazole rings is 1. The predicted octanol–water partition coefficient (Wildman–Crippen LogP) is 4.83. The molecule has 0 saturated carbocycles. The van der Waals surface area contributed by atoms with Gasteiger partial charge in [0, 0.05) is 29.9 Å². The number of carbonyl (C=O) groups excluding carboxylic acids is 1. The number of hydrogen-bond acceptors (Lipinski definition) is 7. The number of nitrogens with one attached hydrogen (secondary N) is 1. The third-order valence-corrected chi connectivity index (χ3v) is 6.72. The van der Waals surface area contributed by atoms with Gasteiger partial charge in [-0.2, -0.15) is 0 Å². The van der Waals surface area contributed by atoms with Gasteiger partial charge in [0.2, 0.25) is 0 Å². The van der Waals surface area contributed by atoms with Gasteiger partial charge in [0.15, 0.2) is 0 Å². The number of rotatable bonds is 6. The molecular weight excluding hydrogens is 450 g/mol. The van der Waals surface area contributed by atoms with E-state index in [9.17, 15) is 4.79 Å². The number of methoxy groups -OCH3 is 1. The Labute approximate surface area is 200 Å². The van der Waals surface area contributed by atoms with Crippen LogP contribution in [-0.2, 0) is 7.05 Å². The van der Waals surface area contributed by atoms with E-state index in [0.29, 0.717) is 39.6 Å². The molecule has 1 aromatic carbocycles. The monoisotopic (exact) mass is 473 g/mol. The van der Waals surface area contributed by atoms with Crippen LogP contribution in [0.25, 0.3) is 21.7 Å². The first-order valence-corrected chi connectivity index (χ1v) is 11.5. The van der Waals surface area contributed by atoms with Gasteiger partial charge >= 0.3 is 0 Å². The zero-order valence-electron chi connectivity index (χ0n) is 19.2. The number of aromatic nitrogens is 4. The molecule has 0 spiro atoms. The van der Waals surface area contributed by atoms with Crippen LogP contribution in [0.1, 0.15) is 38.4 Å². The predicted molar refractivity (Wildman–Crippen MR) is 130 cm³/mol. The molecule has 8 nitrogen and oxygen atoms in total. The van der Waals surface area contributed by atoms with Crippen LogP contribution in [0.4, 0.5) is 0 Å². The van der Waals surface area contributed by atoms with Gasteiger partial charge < -0.3 is 19.1 Å². The maximum Gasteiger partial charge on any atom is 0.259 e. The highest BCUT2D eigenvalue weighted by Crippen LogP contribution is 2.33. The Balaban J connectivity index is 1.62. The SMILES string of the molecule is COc1ccccc1C(NC(=O)c1cc(-c2ccc(C)s2)nc2onc(C)c12)c1nccn1C. The van der Waals surface area contributed by atoms with E-state index < -0.39 is 6.04 Å². The van der Waals surface area contributed by atoms with Crippen molar-refractivity contribution in [3.8, 4) is 16.3 Å². The van der Waals surface area contributed by atoms with E-state index in [1.165, 1.54) is 0 Å². The number of fused-ring (bicyclic) bond motifs is 1. The number of amides is 1. The molecule has 4 aromatic heterocycles. The van der Waals surface area contributed by atoms with Gasteiger partial charge in [-0.3, -0.25) is 4.79 Å². The van der Waals surface area contributed by atoms with Crippen molar-refractivity contribution in [1.29, 1.82) is 0 Å². The normalized spacial score (nSPS) is 12.1. The van der Waals surface area contributed by atoms with Crippen molar-refractivity contribution in [2.24, 2.45) is 7.05 Å². The number of benzene rings is 1. The molecule has 34 heavy (non-hydrogen) atoms. The Morgan fingerprint density at radius 1 is 1.21 bits per heavy atom. The molecule has 9 heteroatoms. The lowest BCUT2D eigenvalue weighted by Crippen LogP contribution is -2.31. The fourth-order valence-electron chi connectivity index (χ4n) is 4.02. The molecule has 5 rings (SSSR count). The summed E-state index contributed by atoms with van der Waals surface area (Å²) >= 11 is 1.61. The van der Waals surface area contributed by atoms with Crippen molar-refractivity contribution in [2.45, 2.75) is 19.9 Å². The average Bonchev–Trinajstić information content (AvgIpc) is 3.57. The second-order valence-corrected chi connectivity index (χ2v) is 9.25. The number of nitrogens with zero attached hydrogens (tertiary/aromatic N) is 4. The fraction of sp³-hybridized carbons (Fsp3) is 0.200. The van der Waals surface area contributed by atoms with E-state index in [0.717, 1.165) is 15.3 Å². The highest BCUT2D eigenvalue weighted by Gasteiger charge is 2.27. The molecule has 1 atom stereocenters. The average molecular weight is 474 g/mol. The van der Waals surface area contributed by atoms with Crippen molar-refractivity contribution >= 4 is 28.3 Å². The lowest BCUT2D eigenvalue weighted by molar-refractivity contribution is 0.0942. The van der Waals surface area contributed by atoms with Crippen LogP contribution < -0.4 is 10.1 Å². The standard InChI is InChI=1S/C25H23N5O3S/c1-14-9-10-20(34-14)18-13-17(21-15(2)29-33-25(21)27-18)24(31)28-22(23-26-11-12-30(23)3)16-7-5-6-8-19(16)32-4/h5-13,22H,1-4H3,(H,28,31). The second kappa shape index (κ2) is 8.75. The number of carbonyl (C=O) groups is 1. The molecule has 0 radical (unpaired) electrons. The van der Waals surface area contributed by atoms with Crippen molar-refractivity contribution in [3.63, 3.8) is 0 Å². The zero-order chi connectivity index (χ0) is 23.8. The quantitative estimate of drug-likeness (QED) is 0.380. The molecule has 1 unspecified atom stereocenters. The number of ether oxygens (including phenoxy) is 1. The van der Waals surface area contributed by atoms with Gasteiger partial charge in [-0.25, -0.2) is 9.97 Å². The molecule has 172 valence electrons. The van der Waals surface area contributed by atoms with Crippen LogP contribution in [0.2, 0.25) is 0 Å². The lowest BCUT2D eigenvalue weighted by atomic mass is 10.0. The minimum atomic E-state index is -0.542. The van der Waals surface area contributed by atoms with Crippen molar-refractivity contribution in [1.82, 2.24) is 25.0 Å². The summed E-state index contributed by atoms with van der Waals surface area (Å²) in [6.07, 6.45) is 3.55. The maximum absolute atomic E-state index is 13.8. The van der Waals surface area contributed by atoms with Crippen LogP contribution in [0, 0.1) is 13.8 Å². The van der Waals surface area contributed by atoms with Crippen LogP contribution in [-0.4, -0.2) is 32.7 Å². The summed E-state index contributed by atoms with van der Waals surface area (Å²) in [6.45, 7) is 3.83. The topological polar surface area (TPSA) is 95.1 Å². The number of hydrogen-bond donors (Lipinski definition) is 1. The van der Waals surface area contributed by atoms with Gasteiger partial charge in [0.1, 0.15) is 17.6 Å². The summed E-state index contributed by atoms with van der Waals surface area (Å²) in [4.78, 5) is 25.0. The summed E-state index contributed by atoms with van der Waals surface area (Å²) in [5, 5.41) is 7.81. The zero-order valence-corrected chi connectivity index (χ0v) is 20.0. The molecule has 0 aliphatic heterocycles. The van der Waals surface area contributed by atoms with Gasteiger partial charge in [0.05, 0.1) is 34.3 Å². The highest BCUT2D eigenvalue weighted by atomic mass is 32.1. The van der Waals surface area contributed by atoms with E-state index in [-0.39, 0.29) is 5.91 Å². The minimum absolute atomic E-state index is 0.285. The van der Waals surface area contributed by atoms with Crippen LogP contribution in [0.15, 0.2) is 59.4 Å². The third kappa shape index (κ3) is 3.84. The largest absolute Gasteiger partial charge is 0.496 e. The molecule has 5 aromatic rings. The summed E-state index contributed by atoms with van der Waals surface area (Å²) in [5.74, 6) is 1.05. The van der Waals surface area contributed by atoms with Gasteiger partial charge in [0.25, 0.3) is 11.6 Å². The Bertz CT molecular complexity index is 1500. The molecule has 0 bridgehead atoms. The van der Waals surface area contributed by atoms with Crippen LogP contribution >= 0.6 is 11.3 Å². The number of pyridine rings is 1. The second-order valence-electron chi connectivity index (χ2n) is 7.96. The molecule has 1 N–H and O–H groups in total. The van der Waals surface area contributed by atoms with Crippen molar-refractivity contribution < 1.29 is 14.1 Å². The maximum atomic E-state index is 13.8. The number of para-hydroxylation sites is 1. The molecule has 4 heterocycles. The summed E-state index contributed by atoms with van der Waals surface area (Å²) in [6, 6.07) is 12.9. The van der Waals surface area contributed by atoms with E-state index in [2.05, 4.69) is 20.4 Å². The number of thiophene rings is 1. The van der Waals surface area contributed by atoms with Gasteiger partial charge in [-0.05, 0) is 38.1 Å². The molecule has 0 fully saturated rings. The lowest BCUT2D eigenvalue weighted by Gasteiger charge is -2.21. The number of aryl methyl sites for hydroxylation is 3. The molecular formula is C25H23N5O3S. The van der Waals surface area contributed by atoms with E-state index in [1.54, 1.807) is 37.6 Å². The minimum Gasteiger partial charge on any atom is -0.496 e. The van der Waals surface area contributed by atoms with E-state index in [4.69, 9.17) is 9.26 Å². The Morgan fingerprint density at radius 3 is 2.74 bits per heavy atom. The first-order valence-electron chi connectivity index (χ1n) is 10.7. The summed E-state index contributed by atoms with van der Waals surface area (Å²) in [7, 11) is 3.50. The third-order valence-electron chi connectivity index (χ3n) is 5.70. The molecule has 1 amide bonds. The van der Waals surface area contributed by atoms with Crippen molar-refractivity contribution in [3.05, 3.63) is 82.4 Å².